The number of carbonyl (C=O) groups is 1. The van der Waals surface area contributed by atoms with Gasteiger partial charge in [-0.2, -0.15) is 0 Å². The van der Waals surface area contributed by atoms with Gasteiger partial charge in [-0.05, 0) is 42.8 Å². The molecule has 0 spiro atoms. The minimum Gasteiger partial charge on any atom is -0.494 e. The van der Waals surface area contributed by atoms with Gasteiger partial charge in [0.15, 0.2) is 0 Å². The first-order valence-corrected chi connectivity index (χ1v) is 9.20. The van der Waals surface area contributed by atoms with Gasteiger partial charge in [0.25, 0.3) is 0 Å². The Morgan fingerprint density at radius 3 is 2.11 bits per heavy atom. The number of para-hydroxylation sites is 2. The monoisotopic (exact) mass is 372 g/mol. The highest BCUT2D eigenvalue weighted by molar-refractivity contribution is 6.08. The first kappa shape index (κ1) is 17.8. The van der Waals surface area contributed by atoms with Crippen molar-refractivity contribution in [3.05, 3.63) is 72.8 Å². The van der Waals surface area contributed by atoms with Gasteiger partial charge >= 0.3 is 5.97 Å². The third-order valence-electron chi connectivity index (χ3n) is 4.52. The summed E-state index contributed by atoms with van der Waals surface area (Å²) in [6.07, 6.45) is 0.603. The second-order valence-corrected chi connectivity index (χ2v) is 6.52. The van der Waals surface area contributed by atoms with Gasteiger partial charge in [0, 0.05) is 22.9 Å². The van der Waals surface area contributed by atoms with Crippen LogP contribution in [0.1, 0.15) is 12.8 Å². The number of aliphatic carboxylic acids is 1. The molecule has 0 fully saturated rings. The molecule has 2 N–H and O–H groups in total. The van der Waals surface area contributed by atoms with Crippen molar-refractivity contribution in [3.63, 3.8) is 0 Å². The lowest BCUT2D eigenvalue weighted by Crippen LogP contribution is -2.02. The highest BCUT2D eigenvalue weighted by atomic mass is 16.5. The van der Waals surface area contributed by atoms with Crippen LogP contribution in [0, 0.1) is 0 Å². The van der Waals surface area contributed by atoms with Gasteiger partial charge in [-0.15, -0.1) is 0 Å². The summed E-state index contributed by atoms with van der Waals surface area (Å²) in [5.41, 5.74) is 3.86. The quantitative estimate of drug-likeness (QED) is 0.337. The van der Waals surface area contributed by atoms with Crippen molar-refractivity contribution < 1.29 is 14.6 Å². The van der Waals surface area contributed by atoms with Crippen molar-refractivity contribution in [2.45, 2.75) is 12.8 Å². The van der Waals surface area contributed by atoms with Crippen LogP contribution in [0.4, 0.5) is 11.4 Å². The summed E-state index contributed by atoms with van der Waals surface area (Å²) in [4.78, 5) is 15.3. The smallest absolute Gasteiger partial charge is 0.303 e. The Labute approximate surface area is 162 Å². The standard InChI is InChI=1S/C23H20N2O3/c26-22(27)10-5-15-28-17-13-11-16(12-14-17)24-23-18-6-1-3-8-20(18)25-21-9-4-2-7-19(21)23/h1-4,6-9,11-14H,5,10,15H2,(H,24,25)(H,26,27). The predicted molar refractivity (Wildman–Crippen MR) is 111 cm³/mol. The fourth-order valence-corrected chi connectivity index (χ4v) is 3.17. The van der Waals surface area contributed by atoms with Gasteiger partial charge < -0.3 is 15.2 Å². The molecule has 3 aromatic carbocycles. The fourth-order valence-electron chi connectivity index (χ4n) is 3.17. The maximum Gasteiger partial charge on any atom is 0.303 e. The molecule has 5 nitrogen and oxygen atoms in total. The topological polar surface area (TPSA) is 71.5 Å². The molecular formula is C23H20N2O3. The number of nitrogens with one attached hydrogen (secondary N) is 1. The molecule has 140 valence electrons. The van der Waals surface area contributed by atoms with Gasteiger partial charge in [0.1, 0.15) is 5.75 Å². The average Bonchev–Trinajstić information content (AvgIpc) is 2.72. The van der Waals surface area contributed by atoms with Gasteiger partial charge in [0.05, 0.1) is 23.3 Å². The van der Waals surface area contributed by atoms with E-state index in [4.69, 9.17) is 14.8 Å². The van der Waals surface area contributed by atoms with Crippen LogP contribution in [0.15, 0.2) is 72.8 Å². The van der Waals surface area contributed by atoms with Gasteiger partial charge in [-0.25, -0.2) is 4.98 Å². The lowest BCUT2D eigenvalue weighted by atomic mass is 10.1. The maximum atomic E-state index is 10.5. The summed E-state index contributed by atoms with van der Waals surface area (Å²) in [7, 11) is 0. The molecule has 0 aliphatic heterocycles. The first-order chi connectivity index (χ1) is 13.7. The average molecular weight is 372 g/mol. The van der Waals surface area contributed by atoms with E-state index in [-0.39, 0.29) is 6.42 Å². The van der Waals surface area contributed by atoms with Crippen LogP contribution in [0.25, 0.3) is 21.8 Å². The highest BCUT2D eigenvalue weighted by Crippen LogP contribution is 2.33. The maximum absolute atomic E-state index is 10.5. The number of ether oxygens (including phenoxy) is 1. The summed E-state index contributed by atoms with van der Waals surface area (Å²) < 4.78 is 5.60. The SMILES string of the molecule is O=C(O)CCCOc1ccc(Nc2c3ccccc3nc3ccccc23)cc1. The van der Waals surface area contributed by atoms with Crippen LogP contribution in [0.3, 0.4) is 0 Å². The number of pyridine rings is 1. The number of nitrogens with zero attached hydrogens (tertiary/aromatic N) is 1. The van der Waals surface area contributed by atoms with E-state index in [2.05, 4.69) is 17.4 Å². The van der Waals surface area contributed by atoms with E-state index >= 15 is 0 Å². The number of aromatic nitrogens is 1. The van der Waals surface area contributed by atoms with E-state index in [1.165, 1.54) is 0 Å². The van der Waals surface area contributed by atoms with E-state index in [1.807, 2.05) is 60.7 Å². The number of benzene rings is 3. The van der Waals surface area contributed by atoms with E-state index in [0.717, 1.165) is 38.9 Å². The largest absolute Gasteiger partial charge is 0.494 e. The van der Waals surface area contributed by atoms with E-state index in [9.17, 15) is 4.79 Å². The third-order valence-corrected chi connectivity index (χ3v) is 4.52. The number of hydrogen-bond donors (Lipinski definition) is 2. The van der Waals surface area contributed by atoms with Crippen LogP contribution in [-0.2, 0) is 4.79 Å². The number of fused-ring (bicyclic) bond motifs is 2. The fraction of sp³-hybridized carbons (Fsp3) is 0.130. The highest BCUT2D eigenvalue weighted by Gasteiger charge is 2.09. The predicted octanol–water partition coefficient (Wildman–Crippen LogP) is 5.38. The number of carboxylic acid groups (broad SMARTS) is 1. The van der Waals surface area contributed by atoms with Crippen LogP contribution in [0.5, 0.6) is 5.75 Å². The zero-order valence-electron chi connectivity index (χ0n) is 15.3. The normalized spacial score (nSPS) is 10.9. The van der Waals surface area contributed by atoms with Crippen LogP contribution < -0.4 is 10.1 Å². The Kier molecular flexibility index (Phi) is 5.06. The van der Waals surface area contributed by atoms with E-state index in [1.54, 1.807) is 0 Å². The van der Waals surface area contributed by atoms with Crippen molar-refractivity contribution in [3.8, 4) is 5.75 Å². The van der Waals surface area contributed by atoms with Gasteiger partial charge in [0.2, 0.25) is 0 Å². The molecule has 5 heteroatoms. The summed E-state index contributed by atoms with van der Waals surface area (Å²) in [6.45, 7) is 0.388. The summed E-state index contributed by atoms with van der Waals surface area (Å²) >= 11 is 0. The molecule has 28 heavy (non-hydrogen) atoms. The minimum atomic E-state index is -0.806. The van der Waals surface area contributed by atoms with Gasteiger partial charge in [-0.3, -0.25) is 4.79 Å². The molecule has 0 saturated carbocycles. The minimum absolute atomic E-state index is 0.113. The van der Waals surface area contributed by atoms with Gasteiger partial charge in [-0.1, -0.05) is 36.4 Å². The molecule has 1 aromatic heterocycles. The molecule has 0 aliphatic carbocycles. The Balaban J connectivity index is 1.58. The first-order valence-electron chi connectivity index (χ1n) is 9.20. The van der Waals surface area contributed by atoms with Crippen molar-refractivity contribution in [1.82, 2.24) is 4.98 Å². The Morgan fingerprint density at radius 1 is 0.893 bits per heavy atom. The zero-order valence-corrected chi connectivity index (χ0v) is 15.3. The number of carboxylic acids is 1. The van der Waals surface area contributed by atoms with Crippen LogP contribution >= 0.6 is 0 Å². The lowest BCUT2D eigenvalue weighted by Gasteiger charge is -2.14. The molecule has 4 aromatic rings. The van der Waals surface area contributed by atoms with Crippen LogP contribution in [0.2, 0.25) is 0 Å². The van der Waals surface area contributed by atoms with Crippen molar-refractivity contribution >= 4 is 39.1 Å². The van der Waals surface area contributed by atoms with Crippen LogP contribution in [-0.4, -0.2) is 22.7 Å². The molecular weight excluding hydrogens is 352 g/mol. The second-order valence-electron chi connectivity index (χ2n) is 6.52. The summed E-state index contributed by atoms with van der Waals surface area (Å²) in [5.74, 6) is -0.0830. The molecule has 0 unspecified atom stereocenters. The number of rotatable bonds is 7. The molecule has 0 atom stereocenters. The molecule has 0 aliphatic rings. The number of hydrogen-bond acceptors (Lipinski definition) is 4. The van der Waals surface area contributed by atoms with E-state index in [0.29, 0.717) is 13.0 Å². The lowest BCUT2D eigenvalue weighted by molar-refractivity contribution is -0.137. The molecule has 0 amide bonds. The van der Waals surface area contributed by atoms with E-state index < -0.39 is 5.97 Å². The molecule has 0 bridgehead atoms. The Bertz CT molecular complexity index is 1070. The Morgan fingerprint density at radius 2 is 1.50 bits per heavy atom. The molecule has 0 radical (unpaired) electrons. The third kappa shape index (κ3) is 3.88. The summed E-state index contributed by atoms with van der Waals surface area (Å²) in [6, 6.07) is 23.8. The second kappa shape index (κ2) is 7.96. The molecule has 4 rings (SSSR count). The van der Waals surface area contributed by atoms with Crippen molar-refractivity contribution in [1.29, 1.82) is 0 Å². The molecule has 0 saturated heterocycles. The van der Waals surface area contributed by atoms with Crippen molar-refractivity contribution in [2.75, 3.05) is 11.9 Å². The number of anilines is 2. The zero-order chi connectivity index (χ0) is 19.3. The summed E-state index contributed by atoms with van der Waals surface area (Å²) in [5, 5.41) is 14.3. The molecule has 1 heterocycles. The Hall–Kier alpha value is -3.60. The van der Waals surface area contributed by atoms with Crippen molar-refractivity contribution in [2.24, 2.45) is 0 Å².